The molecule has 1 atom stereocenters. The van der Waals surface area contributed by atoms with E-state index in [1.165, 1.54) is 12.3 Å². The van der Waals surface area contributed by atoms with Gasteiger partial charge in [-0.2, -0.15) is 0 Å². The Morgan fingerprint density at radius 2 is 2.00 bits per heavy atom. The minimum absolute atomic E-state index is 0.287. The van der Waals surface area contributed by atoms with Crippen LogP contribution in [0.5, 0.6) is 0 Å². The Bertz CT molecular complexity index is 587. The van der Waals surface area contributed by atoms with E-state index in [0.29, 0.717) is 10.9 Å². The van der Waals surface area contributed by atoms with Crippen molar-refractivity contribution in [3.63, 3.8) is 0 Å². The second kappa shape index (κ2) is 7.20. The predicted octanol–water partition coefficient (Wildman–Crippen LogP) is 3.32. The summed E-state index contributed by atoms with van der Waals surface area (Å²) in [4.78, 5) is 0. The molecule has 3 nitrogen and oxygen atoms in total. The zero-order valence-electron chi connectivity index (χ0n) is 12.9. The van der Waals surface area contributed by atoms with Gasteiger partial charge in [-0.1, -0.05) is 19.1 Å². The van der Waals surface area contributed by atoms with Crippen LogP contribution in [0, 0.1) is 5.82 Å². The number of hydrogen-bond donors (Lipinski definition) is 1. The minimum atomic E-state index is -3.25. The van der Waals surface area contributed by atoms with Crippen molar-refractivity contribution in [1.29, 1.82) is 0 Å². The fraction of sp³-hybridized carbons (Fsp3) is 0.600. The molecular weight excluding hydrogens is 357 g/mol. The van der Waals surface area contributed by atoms with E-state index < -0.39 is 14.6 Å². The fourth-order valence-electron chi connectivity index (χ4n) is 2.07. The molecule has 0 amide bonds. The molecule has 0 saturated heterocycles. The van der Waals surface area contributed by atoms with E-state index in [0.717, 1.165) is 18.5 Å². The molecule has 1 aromatic carbocycles. The summed E-state index contributed by atoms with van der Waals surface area (Å²) in [6.07, 6.45) is 2.59. The highest BCUT2D eigenvalue weighted by Gasteiger charge is 2.38. The first kappa shape index (κ1) is 18.6. The van der Waals surface area contributed by atoms with Gasteiger partial charge in [0.2, 0.25) is 0 Å². The highest BCUT2D eigenvalue weighted by molar-refractivity contribution is 9.10. The Balaban J connectivity index is 3.12. The lowest BCUT2D eigenvalue weighted by molar-refractivity contribution is 0.405. The van der Waals surface area contributed by atoms with Crippen LogP contribution in [0.15, 0.2) is 22.7 Å². The molecule has 0 heterocycles. The van der Waals surface area contributed by atoms with Gasteiger partial charge >= 0.3 is 0 Å². The van der Waals surface area contributed by atoms with Gasteiger partial charge in [0.25, 0.3) is 0 Å². The van der Waals surface area contributed by atoms with Crippen LogP contribution in [0.25, 0.3) is 0 Å². The molecule has 0 aromatic heterocycles. The average molecular weight is 380 g/mol. The zero-order chi connectivity index (χ0) is 16.3. The molecule has 1 rings (SSSR count). The molecule has 1 unspecified atom stereocenters. The number of hydrogen-bond acceptors (Lipinski definition) is 3. The number of halogens is 2. The number of nitrogens with one attached hydrogen (secondary N) is 1. The van der Waals surface area contributed by atoms with Gasteiger partial charge in [0, 0.05) is 12.3 Å². The van der Waals surface area contributed by atoms with Crippen molar-refractivity contribution in [2.24, 2.45) is 0 Å². The normalized spacial score (nSPS) is 14.2. The number of sulfone groups is 1. The Morgan fingerprint density at radius 1 is 1.38 bits per heavy atom. The van der Waals surface area contributed by atoms with Crippen molar-refractivity contribution < 1.29 is 12.8 Å². The molecule has 0 aliphatic carbocycles. The van der Waals surface area contributed by atoms with Crippen molar-refractivity contribution in [3.05, 3.63) is 34.1 Å². The van der Waals surface area contributed by atoms with Gasteiger partial charge in [0.05, 0.1) is 9.22 Å². The maximum absolute atomic E-state index is 13.6. The van der Waals surface area contributed by atoms with Crippen LogP contribution in [0.3, 0.4) is 0 Å². The average Bonchev–Trinajstić information content (AvgIpc) is 2.37. The Kier molecular flexibility index (Phi) is 6.37. The standard InChI is InChI=1S/C15H23BrFNO2S/c1-5-9-18-13(15(2,3)21(4,19)20)10-11-7-6-8-12(17)14(11)16/h6-8,13,18H,5,9-10H2,1-4H3. The van der Waals surface area contributed by atoms with Gasteiger partial charge in [-0.15, -0.1) is 0 Å². The van der Waals surface area contributed by atoms with E-state index >= 15 is 0 Å². The molecule has 0 radical (unpaired) electrons. The summed E-state index contributed by atoms with van der Waals surface area (Å²) in [5, 5.41) is 3.29. The van der Waals surface area contributed by atoms with Gasteiger partial charge in [-0.25, -0.2) is 12.8 Å². The third-order valence-electron chi connectivity index (χ3n) is 3.89. The summed E-state index contributed by atoms with van der Waals surface area (Å²) in [7, 11) is -3.25. The summed E-state index contributed by atoms with van der Waals surface area (Å²) >= 11 is 3.24. The second-order valence-electron chi connectivity index (χ2n) is 5.80. The molecule has 0 aliphatic rings. The monoisotopic (exact) mass is 379 g/mol. The van der Waals surface area contributed by atoms with E-state index in [-0.39, 0.29) is 11.9 Å². The molecule has 0 bridgehead atoms. The van der Waals surface area contributed by atoms with Gasteiger partial charge in [0.1, 0.15) is 5.82 Å². The molecule has 1 N–H and O–H groups in total. The van der Waals surface area contributed by atoms with Crippen molar-refractivity contribution in [3.8, 4) is 0 Å². The predicted molar refractivity (Wildman–Crippen MR) is 88.8 cm³/mol. The minimum Gasteiger partial charge on any atom is -0.312 e. The lowest BCUT2D eigenvalue weighted by atomic mass is 9.95. The fourth-order valence-corrected chi connectivity index (χ4v) is 3.18. The van der Waals surface area contributed by atoms with Crippen LogP contribution in [0.4, 0.5) is 4.39 Å². The first-order chi connectivity index (χ1) is 9.61. The van der Waals surface area contributed by atoms with Gasteiger partial charge in [0.15, 0.2) is 9.84 Å². The van der Waals surface area contributed by atoms with E-state index in [2.05, 4.69) is 21.2 Å². The van der Waals surface area contributed by atoms with Crippen LogP contribution < -0.4 is 5.32 Å². The molecule has 0 spiro atoms. The maximum atomic E-state index is 13.6. The van der Waals surface area contributed by atoms with E-state index in [1.807, 2.05) is 13.0 Å². The highest BCUT2D eigenvalue weighted by atomic mass is 79.9. The van der Waals surface area contributed by atoms with E-state index in [1.54, 1.807) is 19.9 Å². The quantitative estimate of drug-likeness (QED) is 0.790. The van der Waals surface area contributed by atoms with Gasteiger partial charge < -0.3 is 5.32 Å². The van der Waals surface area contributed by atoms with Crippen LogP contribution in [-0.4, -0.2) is 32.0 Å². The highest BCUT2D eigenvalue weighted by Crippen LogP contribution is 2.27. The molecule has 0 aliphatic heterocycles. The summed E-state index contributed by atoms with van der Waals surface area (Å²) in [6.45, 7) is 6.16. The molecule has 120 valence electrons. The summed E-state index contributed by atoms with van der Waals surface area (Å²) < 4.78 is 37.2. The Labute approximate surface area is 135 Å². The summed E-state index contributed by atoms with van der Waals surface area (Å²) in [5.74, 6) is -0.334. The maximum Gasteiger partial charge on any atom is 0.154 e. The van der Waals surface area contributed by atoms with Crippen LogP contribution in [0.2, 0.25) is 0 Å². The van der Waals surface area contributed by atoms with Gasteiger partial charge in [-0.3, -0.25) is 0 Å². The Hall–Kier alpha value is -0.460. The topological polar surface area (TPSA) is 46.2 Å². The first-order valence-electron chi connectivity index (χ1n) is 6.97. The molecular formula is C15H23BrFNO2S. The van der Waals surface area contributed by atoms with Crippen molar-refractivity contribution in [2.75, 3.05) is 12.8 Å². The van der Waals surface area contributed by atoms with E-state index in [9.17, 15) is 12.8 Å². The van der Waals surface area contributed by atoms with Crippen molar-refractivity contribution >= 4 is 25.8 Å². The second-order valence-corrected chi connectivity index (χ2v) is 9.19. The number of rotatable bonds is 7. The smallest absolute Gasteiger partial charge is 0.154 e. The van der Waals surface area contributed by atoms with Crippen LogP contribution in [0.1, 0.15) is 32.8 Å². The lowest BCUT2D eigenvalue weighted by Crippen LogP contribution is -2.52. The van der Waals surface area contributed by atoms with Crippen LogP contribution in [-0.2, 0) is 16.3 Å². The van der Waals surface area contributed by atoms with Crippen LogP contribution >= 0.6 is 15.9 Å². The first-order valence-corrected chi connectivity index (χ1v) is 9.65. The molecule has 0 saturated carbocycles. The SMILES string of the molecule is CCCNC(Cc1cccc(F)c1Br)C(C)(C)S(C)(=O)=O. The summed E-state index contributed by atoms with van der Waals surface area (Å²) in [6, 6.07) is 4.54. The zero-order valence-corrected chi connectivity index (χ0v) is 15.3. The number of benzene rings is 1. The summed E-state index contributed by atoms with van der Waals surface area (Å²) in [5.41, 5.74) is 0.764. The lowest BCUT2D eigenvalue weighted by Gasteiger charge is -2.34. The van der Waals surface area contributed by atoms with Gasteiger partial charge in [-0.05, 0) is 60.8 Å². The van der Waals surface area contributed by atoms with Crippen molar-refractivity contribution in [2.45, 2.75) is 44.4 Å². The molecule has 0 fully saturated rings. The van der Waals surface area contributed by atoms with Crippen molar-refractivity contribution in [1.82, 2.24) is 5.32 Å². The Morgan fingerprint density at radius 3 is 2.52 bits per heavy atom. The largest absolute Gasteiger partial charge is 0.312 e. The molecule has 6 heteroatoms. The molecule has 21 heavy (non-hydrogen) atoms. The third kappa shape index (κ3) is 4.50. The third-order valence-corrected chi connectivity index (χ3v) is 6.98. The molecule has 1 aromatic rings. The van der Waals surface area contributed by atoms with E-state index in [4.69, 9.17) is 0 Å².